The average Bonchev–Trinajstić information content (AvgIpc) is 2.90. The third-order valence-corrected chi connectivity index (χ3v) is 4.72. The Balaban J connectivity index is 1.64. The van der Waals surface area contributed by atoms with Crippen LogP contribution in [0.4, 0.5) is 0 Å². The van der Waals surface area contributed by atoms with Crippen molar-refractivity contribution in [3.63, 3.8) is 0 Å². The smallest absolute Gasteiger partial charge is 0.226 e. The molecule has 1 N–H and O–H groups in total. The summed E-state index contributed by atoms with van der Waals surface area (Å²) in [6, 6.07) is 1.39. The van der Waals surface area contributed by atoms with E-state index in [0.717, 1.165) is 18.7 Å². The van der Waals surface area contributed by atoms with Crippen LogP contribution in [0, 0.1) is 0 Å². The second-order valence-electron chi connectivity index (χ2n) is 6.15. The lowest BCUT2D eigenvalue weighted by Crippen LogP contribution is -2.39. The molecule has 0 amide bonds. The lowest BCUT2D eigenvalue weighted by atomic mass is 9.90. The van der Waals surface area contributed by atoms with Crippen molar-refractivity contribution in [2.45, 2.75) is 69.6 Å². The lowest BCUT2D eigenvalue weighted by molar-refractivity contribution is 0.157. The zero-order chi connectivity index (χ0) is 13.4. The molecule has 19 heavy (non-hydrogen) atoms. The lowest BCUT2D eigenvalue weighted by Gasteiger charge is -2.34. The summed E-state index contributed by atoms with van der Waals surface area (Å²) in [5.74, 6) is 2.01. The van der Waals surface area contributed by atoms with Crippen molar-refractivity contribution >= 4 is 0 Å². The van der Waals surface area contributed by atoms with Gasteiger partial charge in [0.15, 0.2) is 5.82 Å². The largest absolute Gasteiger partial charge is 0.393 e. The molecular weight excluding hydrogens is 242 g/mol. The van der Waals surface area contributed by atoms with Gasteiger partial charge in [0.05, 0.1) is 6.10 Å². The van der Waals surface area contributed by atoms with E-state index in [1.54, 1.807) is 6.92 Å². The van der Waals surface area contributed by atoms with Crippen LogP contribution in [0.15, 0.2) is 4.52 Å². The quantitative estimate of drug-likeness (QED) is 0.898. The first kappa shape index (κ1) is 13.1. The Hall–Kier alpha value is -0.940. The molecule has 3 atom stereocenters. The van der Waals surface area contributed by atoms with Crippen LogP contribution in [0.1, 0.15) is 56.7 Å². The van der Waals surface area contributed by atoms with Crippen LogP contribution in [0.2, 0.25) is 0 Å². The number of rotatable bonds is 4. The van der Waals surface area contributed by atoms with Gasteiger partial charge in [-0.1, -0.05) is 5.16 Å². The van der Waals surface area contributed by atoms with Crippen molar-refractivity contribution < 1.29 is 9.63 Å². The zero-order valence-electron chi connectivity index (χ0n) is 11.7. The molecule has 2 aliphatic rings. The summed E-state index contributed by atoms with van der Waals surface area (Å²) in [4.78, 5) is 7.04. The Labute approximate surface area is 114 Å². The summed E-state index contributed by atoms with van der Waals surface area (Å²) < 4.78 is 5.30. The van der Waals surface area contributed by atoms with Gasteiger partial charge in [0, 0.05) is 24.4 Å². The highest BCUT2D eigenvalue weighted by molar-refractivity contribution is 5.05. The van der Waals surface area contributed by atoms with Crippen molar-refractivity contribution in [3.05, 3.63) is 11.7 Å². The summed E-state index contributed by atoms with van der Waals surface area (Å²) in [5.41, 5.74) is 0. The van der Waals surface area contributed by atoms with Gasteiger partial charge < -0.3 is 14.5 Å². The summed E-state index contributed by atoms with van der Waals surface area (Å²) in [5, 5.41) is 13.4. The molecule has 1 aromatic rings. The number of aryl methyl sites for hydroxylation is 1. The van der Waals surface area contributed by atoms with Gasteiger partial charge in [-0.3, -0.25) is 0 Å². The van der Waals surface area contributed by atoms with E-state index in [1.165, 1.54) is 12.8 Å². The normalized spacial score (nSPS) is 32.7. The van der Waals surface area contributed by atoms with Gasteiger partial charge in [-0.15, -0.1) is 0 Å². The fourth-order valence-corrected chi connectivity index (χ4v) is 3.49. The predicted octanol–water partition coefficient (Wildman–Crippen LogP) is 1.72. The highest BCUT2D eigenvalue weighted by Crippen LogP contribution is 2.41. The van der Waals surface area contributed by atoms with Gasteiger partial charge in [0.2, 0.25) is 5.89 Å². The van der Waals surface area contributed by atoms with Crippen molar-refractivity contribution in [2.75, 3.05) is 7.05 Å². The predicted molar refractivity (Wildman–Crippen MR) is 70.8 cm³/mol. The van der Waals surface area contributed by atoms with Crippen LogP contribution in [-0.4, -0.2) is 45.4 Å². The Morgan fingerprint density at radius 1 is 1.37 bits per heavy atom. The first-order valence-corrected chi connectivity index (χ1v) is 7.36. The number of aromatic nitrogens is 2. The third-order valence-electron chi connectivity index (χ3n) is 4.72. The Bertz CT molecular complexity index is 418. The Morgan fingerprint density at radius 2 is 2.05 bits per heavy atom. The fraction of sp³-hybridized carbons (Fsp3) is 0.857. The number of hydrogen-bond acceptors (Lipinski definition) is 5. The van der Waals surface area contributed by atoms with Crippen molar-refractivity contribution in [1.82, 2.24) is 15.0 Å². The van der Waals surface area contributed by atoms with Crippen molar-refractivity contribution in [2.24, 2.45) is 0 Å². The van der Waals surface area contributed by atoms with Crippen LogP contribution in [0.5, 0.6) is 0 Å². The molecule has 2 bridgehead atoms. The molecule has 3 rings (SSSR count). The molecule has 5 nitrogen and oxygen atoms in total. The number of aliphatic hydroxyl groups is 1. The maximum absolute atomic E-state index is 9.28. The number of nitrogens with zero attached hydrogens (tertiary/aromatic N) is 3. The number of hydrogen-bond donors (Lipinski definition) is 1. The average molecular weight is 265 g/mol. The van der Waals surface area contributed by atoms with Gasteiger partial charge in [-0.25, -0.2) is 0 Å². The van der Waals surface area contributed by atoms with E-state index in [2.05, 4.69) is 22.1 Å². The molecule has 3 unspecified atom stereocenters. The molecule has 2 fully saturated rings. The molecule has 0 radical (unpaired) electrons. The van der Waals surface area contributed by atoms with Crippen molar-refractivity contribution in [1.29, 1.82) is 0 Å². The molecule has 1 aromatic heterocycles. The van der Waals surface area contributed by atoms with Crippen molar-refractivity contribution in [3.8, 4) is 0 Å². The highest BCUT2D eigenvalue weighted by atomic mass is 16.5. The van der Waals surface area contributed by atoms with E-state index in [-0.39, 0.29) is 6.10 Å². The fourth-order valence-electron chi connectivity index (χ4n) is 3.49. The van der Waals surface area contributed by atoms with E-state index in [9.17, 15) is 5.11 Å². The van der Waals surface area contributed by atoms with Gasteiger partial charge in [0.25, 0.3) is 0 Å². The number of piperidine rings is 1. The standard InChI is InChI=1S/C14H23N3O2/c1-9(18)3-6-13-15-14(16-19-13)10-7-11-4-5-12(8-10)17(11)2/h9-12,18H,3-8H2,1-2H3. The van der Waals surface area contributed by atoms with E-state index in [1.807, 2.05) is 0 Å². The summed E-state index contributed by atoms with van der Waals surface area (Å²) in [6.07, 6.45) is 5.97. The van der Waals surface area contributed by atoms with Crippen LogP contribution >= 0.6 is 0 Å². The van der Waals surface area contributed by atoms with Crippen LogP contribution < -0.4 is 0 Å². The topological polar surface area (TPSA) is 62.4 Å². The molecule has 2 saturated heterocycles. The molecule has 106 valence electrons. The second-order valence-corrected chi connectivity index (χ2v) is 6.15. The second kappa shape index (κ2) is 5.21. The molecule has 0 saturated carbocycles. The van der Waals surface area contributed by atoms with E-state index in [4.69, 9.17) is 4.52 Å². The van der Waals surface area contributed by atoms with Gasteiger partial charge in [-0.05, 0) is 46.1 Å². The molecular formula is C14H23N3O2. The maximum atomic E-state index is 9.28. The van der Waals surface area contributed by atoms with E-state index < -0.39 is 0 Å². The first-order valence-electron chi connectivity index (χ1n) is 7.36. The Morgan fingerprint density at radius 3 is 2.68 bits per heavy atom. The van der Waals surface area contributed by atoms with Gasteiger partial charge in [0.1, 0.15) is 0 Å². The van der Waals surface area contributed by atoms with Crippen LogP contribution in [0.3, 0.4) is 0 Å². The van der Waals surface area contributed by atoms with E-state index >= 15 is 0 Å². The number of fused-ring (bicyclic) bond motifs is 2. The maximum Gasteiger partial charge on any atom is 0.226 e. The van der Waals surface area contributed by atoms with Crippen LogP contribution in [0.25, 0.3) is 0 Å². The summed E-state index contributed by atoms with van der Waals surface area (Å²) >= 11 is 0. The van der Waals surface area contributed by atoms with Crippen LogP contribution in [-0.2, 0) is 6.42 Å². The zero-order valence-corrected chi connectivity index (χ0v) is 11.7. The minimum Gasteiger partial charge on any atom is -0.393 e. The molecule has 0 spiro atoms. The SMILES string of the molecule is CC(O)CCc1nc(C2CC3CCC(C2)N3C)no1. The monoisotopic (exact) mass is 265 g/mol. The molecule has 0 aromatic carbocycles. The summed E-state index contributed by atoms with van der Waals surface area (Å²) in [7, 11) is 2.24. The Kier molecular flexibility index (Phi) is 3.58. The first-order chi connectivity index (χ1) is 9.13. The molecule has 5 heteroatoms. The number of aliphatic hydroxyl groups excluding tert-OH is 1. The van der Waals surface area contributed by atoms with Gasteiger partial charge >= 0.3 is 0 Å². The summed E-state index contributed by atoms with van der Waals surface area (Å²) in [6.45, 7) is 1.78. The van der Waals surface area contributed by atoms with E-state index in [0.29, 0.717) is 36.7 Å². The molecule has 2 aliphatic heterocycles. The molecule has 0 aliphatic carbocycles. The molecule has 3 heterocycles. The third kappa shape index (κ3) is 2.67. The minimum atomic E-state index is -0.311. The van der Waals surface area contributed by atoms with Gasteiger partial charge in [-0.2, -0.15) is 4.98 Å². The highest BCUT2D eigenvalue weighted by Gasteiger charge is 2.40. The minimum absolute atomic E-state index is 0.311.